The average Bonchev–Trinajstić information content (AvgIpc) is 3.35. The smallest absolute Gasteiger partial charge is 0.238 e. The maximum absolute atomic E-state index is 12.1. The second-order valence-electron chi connectivity index (χ2n) is 6.72. The van der Waals surface area contributed by atoms with Crippen LogP contribution in [0.4, 0.5) is 0 Å². The van der Waals surface area contributed by atoms with Crippen molar-refractivity contribution in [2.45, 2.75) is 38.6 Å². The first kappa shape index (κ1) is 21.7. The molecule has 28 heavy (non-hydrogen) atoms. The van der Waals surface area contributed by atoms with Gasteiger partial charge in [0.15, 0.2) is 5.76 Å². The Balaban J connectivity index is 0.00000280. The molecule has 0 bridgehead atoms. The summed E-state index contributed by atoms with van der Waals surface area (Å²) in [6.07, 6.45) is 2.15. The number of hydrogen-bond acceptors (Lipinski definition) is 6. The molecule has 150 valence electrons. The Bertz CT molecular complexity index is 860. The highest BCUT2D eigenvalue weighted by molar-refractivity contribution is 5.85. The monoisotopic (exact) mass is 404 g/mol. The van der Waals surface area contributed by atoms with Gasteiger partial charge in [-0.3, -0.25) is 4.79 Å². The molecule has 0 aliphatic rings. The molecule has 2 heterocycles. The molecule has 8 heteroatoms. The number of aromatic nitrogens is 2. The quantitative estimate of drug-likeness (QED) is 0.593. The largest absolute Gasteiger partial charge is 0.461 e. The summed E-state index contributed by atoms with van der Waals surface area (Å²) in [6.45, 7) is 4.67. The molecule has 0 spiro atoms. The van der Waals surface area contributed by atoms with Crippen molar-refractivity contribution >= 4 is 18.3 Å². The van der Waals surface area contributed by atoms with E-state index in [0.717, 1.165) is 5.56 Å². The van der Waals surface area contributed by atoms with E-state index in [-0.39, 0.29) is 30.8 Å². The molecule has 1 unspecified atom stereocenters. The van der Waals surface area contributed by atoms with Gasteiger partial charge in [0.25, 0.3) is 0 Å². The second kappa shape index (κ2) is 10.1. The summed E-state index contributed by atoms with van der Waals surface area (Å²) in [4.78, 5) is 16.3. The van der Waals surface area contributed by atoms with Gasteiger partial charge in [-0.05, 0) is 29.2 Å². The van der Waals surface area contributed by atoms with Gasteiger partial charge < -0.3 is 20.0 Å². The lowest BCUT2D eigenvalue weighted by Gasteiger charge is -2.14. The normalized spacial score (nSPS) is 11.9. The van der Waals surface area contributed by atoms with Crippen LogP contribution >= 0.6 is 12.4 Å². The third-order valence-electron chi connectivity index (χ3n) is 4.33. The number of amides is 1. The number of benzene rings is 1. The number of carbonyl (C=O) groups excluding carboxylic acids is 1. The van der Waals surface area contributed by atoms with Crippen LogP contribution in [0.5, 0.6) is 0 Å². The number of carbonyl (C=O) groups is 1. The number of halogens is 1. The van der Waals surface area contributed by atoms with E-state index in [0.29, 0.717) is 36.4 Å². The lowest BCUT2D eigenvalue weighted by Crippen LogP contribution is -2.32. The van der Waals surface area contributed by atoms with Crippen LogP contribution in [-0.2, 0) is 11.2 Å². The van der Waals surface area contributed by atoms with Crippen molar-refractivity contribution in [3.63, 3.8) is 0 Å². The van der Waals surface area contributed by atoms with Gasteiger partial charge in [-0.2, -0.15) is 4.98 Å². The third kappa shape index (κ3) is 5.68. The minimum absolute atomic E-state index is 0. The highest BCUT2D eigenvalue weighted by Crippen LogP contribution is 2.18. The standard InChI is InChI=1S/C20H24N4O3.ClH/c1-13(2)14-5-7-15(8-6-14)16(21)12-22-18(25)9-10-19-23-20(24-27-19)17-4-3-11-26-17;/h3-8,11,13,16H,9-10,12,21H2,1-2H3,(H,22,25);1H. The number of nitrogens with one attached hydrogen (secondary N) is 1. The zero-order valence-electron chi connectivity index (χ0n) is 15.9. The van der Waals surface area contributed by atoms with Crippen molar-refractivity contribution in [3.05, 3.63) is 59.7 Å². The van der Waals surface area contributed by atoms with Gasteiger partial charge in [0, 0.05) is 25.4 Å². The van der Waals surface area contributed by atoms with Crippen molar-refractivity contribution in [2.75, 3.05) is 6.54 Å². The predicted molar refractivity (Wildman–Crippen MR) is 108 cm³/mol. The molecule has 2 aromatic heterocycles. The summed E-state index contributed by atoms with van der Waals surface area (Å²) >= 11 is 0. The van der Waals surface area contributed by atoms with Crippen molar-refractivity contribution in [3.8, 4) is 11.6 Å². The molecule has 3 N–H and O–H groups in total. The third-order valence-corrected chi connectivity index (χ3v) is 4.33. The van der Waals surface area contributed by atoms with Gasteiger partial charge in [-0.1, -0.05) is 43.3 Å². The Kier molecular flexibility index (Phi) is 7.78. The molecule has 0 fully saturated rings. The van der Waals surface area contributed by atoms with Crippen LogP contribution in [0.3, 0.4) is 0 Å². The molecule has 0 aliphatic carbocycles. The topological polar surface area (TPSA) is 107 Å². The van der Waals surface area contributed by atoms with E-state index in [1.54, 1.807) is 18.4 Å². The molecule has 0 aliphatic heterocycles. The van der Waals surface area contributed by atoms with Crippen LogP contribution in [-0.4, -0.2) is 22.6 Å². The fourth-order valence-corrected chi connectivity index (χ4v) is 2.64. The lowest BCUT2D eigenvalue weighted by atomic mass is 9.99. The number of hydrogen-bond donors (Lipinski definition) is 2. The number of aryl methyl sites for hydroxylation is 1. The van der Waals surface area contributed by atoms with Crippen molar-refractivity contribution in [1.29, 1.82) is 0 Å². The van der Waals surface area contributed by atoms with Gasteiger partial charge in [-0.25, -0.2) is 0 Å². The highest BCUT2D eigenvalue weighted by Gasteiger charge is 2.13. The Morgan fingerprint density at radius 2 is 1.89 bits per heavy atom. The van der Waals surface area contributed by atoms with Crippen molar-refractivity contribution in [1.82, 2.24) is 15.5 Å². The highest BCUT2D eigenvalue weighted by atomic mass is 35.5. The van der Waals surface area contributed by atoms with E-state index in [1.807, 2.05) is 12.1 Å². The Hall–Kier alpha value is -2.64. The summed E-state index contributed by atoms with van der Waals surface area (Å²) in [7, 11) is 0. The summed E-state index contributed by atoms with van der Waals surface area (Å²) in [6, 6.07) is 11.4. The molecule has 1 amide bonds. The molecular formula is C20H25ClN4O3. The average molecular weight is 405 g/mol. The van der Waals surface area contributed by atoms with Crippen LogP contribution in [0.1, 0.15) is 49.2 Å². The molecular weight excluding hydrogens is 380 g/mol. The minimum Gasteiger partial charge on any atom is -0.461 e. The van der Waals surface area contributed by atoms with E-state index >= 15 is 0 Å². The maximum Gasteiger partial charge on any atom is 0.238 e. The number of nitrogens with two attached hydrogens (primary N) is 1. The molecule has 1 atom stereocenters. The van der Waals surface area contributed by atoms with Gasteiger partial charge in [0.2, 0.25) is 17.6 Å². The second-order valence-corrected chi connectivity index (χ2v) is 6.72. The first-order valence-electron chi connectivity index (χ1n) is 9.01. The van der Waals surface area contributed by atoms with E-state index in [9.17, 15) is 4.79 Å². The van der Waals surface area contributed by atoms with E-state index in [2.05, 4.69) is 41.4 Å². The molecule has 0 saturated heterocycles. The summed E-state index contributed by atoms with van der Waals surface area (Å²) in [5.41, 5.74) is 8.44. The molecule has 7 nitrogen and oxygen atoms in total. The predicted octanol–water partition coefficient (Wildman–Crippen LogP) is 3.62. The molecule has 0 radical (unpaired) electrons. The van der Waals surface area contributed by atoms with Crippen molar-refractivity contribution in [2.24, 2.45) is 5.73 Å². The van der Waals surface area contributed by atoms with Gasteiger partial charge in [-0.15, -0.1) is 12.4 Å². The number of rotatable bonds is 8. The zero-order chi connectivity index (χ0) is 19.2. The Morgan fingerprint density at radius 3 is 2.54 bits per heavy atom. The minimum atomic E-state index is -0.246. The van der Waals surface area contributed by atoms with E-state index in [1.165, 1.54) is 5.56 Å². The van der Waals surface area contributed by atoms with Crippen LogP contribution in [0.15, 0.2) is 51.6 Å². The van der Waals surface area contributed by atoms with Crippen LogP contribution in [0.2, 0.25) is 0 Å². The summed E-state index contributed by atoms with van der Waals surface area (Å²) < 4.78 is 10.3. The molecule has 0 saturated carbocycles. The molecule has 1 aromatic carbocycles. The molecule has 3 aromatic rings. The van der Waals surface area contributed by atoms with Gasteiger partial charge in [0.05, 0.1) is 6.26 Å². The van der Waals surface area contributed by atoms with Gasteiger partial charge >= 0.3 is 0 Å². The summed E-state index contributed by atoms with van der Waals surface area (Å²) in [5.74, 6) is 1.67. The first-order valence-corrected chi connectivity index (χ1v) is 9.01. The maximum atomic E-state index is 12.1. The Labute approximate surface area is 170 Å². The zero-order valence-corrected chi connectivity index (χ0v) is 16.7. The van der Waals surface area contributed by atoms with E-state index in [4.69, 9.17) is 14.7 Å². The SMILES string of the molecule is CC(C)c1ccc(C(N)CNC(=O)CCc2nc(-c3ccco3)no2)cc1.Cl. The van der Waals surface area contributed by atoms with E-state index < -0.39 is 0 Å². The van der Waals surface area contributed by atoms with Crippen LogP contribution in [0.25, 0.3) is 11.6 Å². The lowest BCUT2D eigenvalue weighted by molar-refractivity contribution is -0.121. The van der Waals surface area contributed by atoms with Crippen LogP contribution in [0, 0.1) is 0 Å². The molecule has 3 rings (SSSR count). The number of nitrogens with zero attached hydrogens (tertiary/aromatic N) is 2. The Morgan fingerprint density at radius 1 is 1.18 bits per heavy atom. The number of furan rings is 1. The van der Waals surface area contributed by atoms with Gasteiger partial charge in [0.1, 0.15) is 0 Å². The van der Waals surface area contributed by atoms with Crippen LogP contribution < -0.4 is 11.1 Å². The fourth-order valence-electron chi connectivity index (χ4n) is 2.64. The summed E-state index contributed by atoms with van der Waals surface area (Å²) in [5, 5.41) is 6.69. The first-order chi connectivity index (χ1) is 13.0. The van der Waals surface area contributed by atoms with Crippen molar-refractivity contribution < 1.29 is 13.7 Å². The fraction of sp³-hybridized carbons (Fsp3) is 0.350.